The third-order valence-corrected chi connectivity index (χ3v) is 9.50. The van der Waals surface area contributed by atoms with Crippen LogP contribution >= 0.6 is 35.6 Å². The van der Waals surface area contributed by atoms with E-state index in [1.165, 1.54) is 21.3 Å². The molecule has 1 aromatic carbocycles. The van der Waals surface area contributed by atoms with Gasteiger partial charge in [-0.1, -0.05) is 28.4 Å². The topological polar surface area (TPSA) is 88.4 Å². The number of carbonyl (C=O) groups is 1. The molecule has 37 heavy (non-hydrogen) atoms. The minimum Gasteiger partial charge on any atom is -0.295 e. The second-order valence-corrected chi connectivity index (χ2v) is 12.1. The highest BCUT2D eigenvalue weighted by atomic mass is 35.5. The Morgan fingerprint density at radius 2 is 1.68 bits per heavy atom. The summed E-state index contributed by atoms with van der Waals surface area (Å²) in [5.74, 6) is -3.96. The number of carbonyl (C=O) groups excluding carboxylic acids is 1. The lowest BCUT2D eigenvalue weighted by Gasteiger charge is -2.50. The standard InChI is InChI=1S/C22H26Cl2F3N5O3S.ClH/c1-30-14-20(28-29-30)36(34,35)32-10-8-31(9-11-32)21(4-6-22(26,27)7-5-21)3-2-19(33)15-12-18(25)17(24)13-16(15)23;/h12-14H,2-11H2,1H3;1H. The van der Waals surface area contributed by atoms with Crippen molar-refractivity contribution in [2.45, 2.75) is 55.0 Å². The van der Waals surface area contributed by atoms with Crippen molar-refractivity contribution in [3.63, 3.8) is 0 Å². The number of sulfonamides is 1. The lowest BCUT2D eigenvalue weighted by molar-refractivity contribution is -0.0891. The van der Waals surface area contributed by atoms with Gasteiger partial charge in [0, 0.05) is 63.6 Å². The van der Waals surface area contributed by atoms with Gasteiger partial charge in [0.2, 0.25) is 10.9 Å². The second-order valence-electron chi connectivity index (χ2n) is 9.37. The van der Waals surface area contributed by atoms with Crippen LogP contribution in [0.25, 0.3) is 0 Å². The number of Topliss-reactive ketones (excluding diaryl/α,β-unsaturated/α-hetero) is 1. The van der Waals surface area contributed by atoms with Gasteiger partial charge in [-0.3, -0.25) is 14.4 Å². The van der Waals surface area contributed by atoms with Crippen molar-refractivity contribution < 1.29 is 26.4 Å². The average Bonchev–Trinajstić information content (AvgIpc) is 3.28. The van der Waals surface area contributed by atoms with Gasteiger partial charge in [-0.2, -0.15) is 4.31 Å². The van der Waals surface area contributed by atoms with E-state index < -0.39 is 33.1 Å². The Kier molecular flexibility index (Phi) is 9.24. The van der Waals surface area contributed by atoms with Crippen molar-refractivity contribution in [2.24, 2.45) is 7.05 Å². The molecule has 0 radical (unpaired) electrons. The molecule has 1 saturated heterocycles. The molecule has 1 saturated carbocycles. The Morgan fingerprint density at radius 1 is 1.05 bits per heavy atom. The second kappa shape index (κ2) is 11.4. The molecule has 0 spiro atoms. The maximum Gasteiger partial charge on any atom is 0.264 e. The first-order chi connectivity index (χ1) is 16.8. The van der Waals surface area contributed by atoms with Gasteiger partial charge < -0.3 is 0 Å². The minimum atomic E-state index is -3.83. The molecule has 8 nitrogen and oxygen atoms in total. The molecule has 2 fully saturated rings. The van der Waals surface area contributed by atoms with Gasteiger partial charge >= 0.3 is 0 Å². The van der Waals surface area contributed by atoms with Crippen molar-refractivity contribution in [3.8, 4) is 0 Å². The van der Waals surface area contributed by atoms with E-state index in [0.29, 0.717) is 13.1 Å². The van der Waals surface area contributed by atoms with Crippen LogP contribution in [0.15, 0.2) is 23.4 Å². The largest absolute Gasteiger partial charge is 0.295 e. The zero-order valence-corrected chi connectivity index (χ0v) is 23.1. The third kappa shape index (κ3) is 6.42. The maximum atomic E-state index is 14.1. The molecular formula is C22H27Cl3F3N5O3S. The number of aryl methyl sites for hydroxylation is 1. The summed E-state index contributed by atoms with van der Waals surface area (Å²) in [6.45, 7) is 0.934. The van der Waals surface area contributed by atoms with Gasteiger partial charge in [0.25, 0.3) is 10.0 Å². The first kappa shape index (κ1) is 30.1. The van der Waals surface area contributed by atoms with Gasteiger partial charge in [0.05, 0.1) is 16.2 Å². The highest BCUT2D eigenvalue weighted by molar-refractivity contribution is 7.89. The monoisotopic (exact) mass is 603 g/mol. The lowest BCUT2D eigenvalue weighted by atomic mass is 9.74. The number of rotatable bonds is 7. The average molecular weight is 605 g/mol. The maximum absolute atomic E-state index is 14.1. The molecule has 0 atom stereocenters. The lowest BCUT2D eigenvalue weighted by Crippen LogP contribution is -2.59. The Bertz CT molecular complexity index is 1240. The molecule has 1 aliphatic heterocycles. The van der Waals surface area contributed by atoms with E-state index in [9.17, 15) is 26.4 Å². The zero-order valence-electron chi connectivity index (χ0n) is 20.0. The summed E-state index contributed by atoms with van der Waals surface area (Å²) in [7, 11) is -2.26. The van der Waals surface area contributed by atoms with E-state index in [2.05, 4.69) is 10.3 Å². The van der Waals surface area contributed by atoms with E-state index in [4.69, 9.17) is 23.2 Å². The molecule has 0 bridgehead atoms. The van der Waals surface area contributed by atoms with E-state index >= 15 is 0 Å². The van der Waals surface area contributed by atoms with E-state index in [1.54, 1.807) is 7.05 Å². The Labute approximate surface area is 229 Å². The molecule has 0 unspecified atom stereocenters. The fourth-order valence-corrected chi connectivity index (χ4v) is 6.82. The quantitative estimate of drug-likeness (QED) is 0.339. The van der Waals surface area contributed by atoms with Crippen molar-refractivity contribution in [3.05, 3.63) is 39.8 Å². The number of piperazine rings is 1. The van der Waals surface area contributed by atoms with Crippen LogP contribution in [0.4, 0.5) is 13.2 Å². The van der Waals surface area contributed by atoms with E-state index in [-0.39, 0.29) is 84.7 Å². The number of alkyl halides is 2. The summed E-state index contributed by atoms with van der Waals surface area (Å²) < 4.78 is 70.5. The molecule has 2 aliphatic rings. The van der Waals surface area contributed by atoms with Crippen LogP contribution in [0.2, 0.25) is 10.0 Å². The van der Waals surface area contributed by atoms with Crippen LogP contribution in [0.3, 0.4) is 0 Å². The van der Waals surface area contributed by atoms with E-state index in [1.807, 2.05) is 4.90 Å². The van der Waals surface area contributed by atoms with Crippen molar-refractivity contribution in [1.29, 1.82) is 0 Å². The summed E-state index contributed by atoms with van der Waals surface area (Å²) in [4.78, 5) is 14.9. The molecule has 4 rings (SSSR count). The fraction of sp³-hybridized carbons (Fsp3) is 0.591. The summed E-state index contributed by atoms with van der Waals surface area (Å²) in [5, 5.41) is 7.06. The third-order valence-electron chi connectivity index (χ3n) is 7.14. The normalized spacial score (nSPS) is 20.4. The van der Waals surface area contributed by atoms with Crippen LogP contribution in [0.5, 0.6) is 0 Å². The van der Waals surface area contributed by atoms with Gasteiger partial charge in [-0.25, -0.2) is 21.6 Å². The number of aromatic nitrogens is 3. The summed E-state index contributed by atoms with van der Waals surface area (Å²) in [6, 6.07) is 2.16. The molecule has 0 amide bonds. The van der Waals surface area contributed by atoms with Crippen molar-refractivity contribution in [2.75, 3.05) is 26.2 Å². The van der Waals surface area contributed by atoms with Gasteiger partial charge in [0.1, 0.15) is 5.82 Å². The molecule has 206 valence electrons. The number of ketones is 1. The summed E-state index contributed by atoms with van der Waals surface area (Å²) in [6.07, 6.45) is 1.23. The van der Waals surface area contributed by atoms with Gasteiger partial charge in [-0.15, -0.1) is 17.5 Å². The number of halogens is 6. The number of hydrogen-bond acceptors (Lipinski definition) is 6. The van der Waals surface area contributed by atoms with Crippen molar-refractivity contribution >= 4 is 51.4 Å². The summed E-state index contributed by atoms with van der Waals surface area (Å²) in [5.41, 5.74) is -0.716. The zero-order chi connectivity index (χ0) is 26.3. The fourth-order valence-electron chi connectivity index (χ4n) is 5.00. The Morgan fingerprint density at radius 3 is 2.24 bits per heavy atom. The highest BCUT2D eigenvalue weighted by Gasteiger charge is 2.47. The van der Waals surface area contributed by atoms with E-state index in [0.717, 1.165) is 6.07 Å². The number of nitrogens with zero attached hydrogens (tertiary/aromatic N) is 5. The Balaban J connectivity index is 0.00000380. The minimum absolute atomic E-state index is 0. The van der Waals surface area contributed by atoms with Crippen molar-refractivity contribution in [1.82, 2.24) is 24.2 Å². The first-order valence-electron chi connectivity index (χ1n) is 11.5. The summed E-state index contributed by atoms with van der Waals surface area (Å²) >= 11 is 11.8. The first-order valence-corrected chi connectivity index (χ1v) is 13.7. The Hall–Kier alpha value is -1.44. The molecule has 2 heterocycles. The van der Waals surface area contributed by atoms with Crippen LogP contribution in [0.1, 0.15) is 48.9 Å². The molecule has 1 aliphatic carbocycles. The highest BCUT2D eigenvalue weighted by Crippen LogP contribution is 2.44. The molecule has 0 N–H and O–H groups in total. The van der Waals surface area contributed by atoms with Crippen LogP contribution in [-0.2, 0) is 17.1 Å². The predicted molar refractivity (Wildman–Crippen MR) is 135 cm³/mol. The smallest absolute Gasteiger partial charge is 0.264 e. The molecule has 15 heteroatoms. The SMILES string of the molecule is Cl.Cn1cc(S(=O)(=O)N2CCN(C3(CCC(=O)c4cc(F)c(Cl)cc4Cl)CCC(F)(F)CC3)CC2)nn1. The van der Waals surface area contributed by atoms with Gasteiger partial charge in [0.15, 0.2) is 5.78 Å². The van der Waals surface area contributed by atoms with Crippen LogP contribution < -0.4 is 0 Å². The predicted octanol–water partition coefficient (Wildman–Crippen LogP) is 4.60. The van der Waals surface area contributed by atoms with Crippen LogP contribution in [0, 0.1) is 5.82 Å². The molecular weight excluding hydrogens is 578 g/mol. The van der Waals surface area contributed by atoms with Crippen LogP contribution in [-0.4, -0.2) is 76.0 Å². The number of hydrogen-bond donors (Lipinski definition) is 0. The van der Waals surface area contributed by atoms with Gasteiger partial charge in [-0.05, 0) is 31.4 Å². The molecule has 2 aromatic rings. The molecule has 1 aromatic heterocycles. The number of benzene rings is 1.